The van der Waals surface area contributed by atoms with E-state index in [1.807, 2.05) is 0 Å². The predicted molar refractivity (Wildman–Crippen MR) is 65.8 cm³/mol. The SMILES string of the molecule is C#CCNCC(C)N1CCC(CC)CC1. The van der Waals surface area contributed by atoms with Gasteiger partial charge in [0.25, 0.3) is 0 Å². The van der Waals surface area contributed by atoms with Crippen molar-refractivity contribution < 1.29 is 0 Å². The van der Waals surface area contributed by atoms with E-state index in [1.165, 1.54) is 32.4 Å². The molecule has 1 heterocycles. The molecule has 15 heavy (non-hydrogen) atoms. The van der Waals surface area contributed by atoms with E-state index >= 15 is 0 Å². The maximum atomic E-state index is 5.20. The Kier molecular flexibility index (Phi) is 5.75. The molecule has 1 N–H and O–H groups in total. The average Bonchev–Trinajstić information content (AvgIpc) is 2.29. The zero-order valence-corrected chi connectivity index (χ0v) is 10.1. The van der Waals surface area contributed by atoms with Crippen molar-refractivity contribution in [2.24, 2.45) is 5.92 Å². The van der Waals surface area contributed by atoms with Crippen molar-refractivity contribution in [3.63, 3.8) is 0 Å². The largest absolute Gasteiger partial charge is 0.305 e. The minimum atomic E-state index is 0.621. The highest BCUT2D eigenvalue weighted by atomic mass is 15.2. The van der Waals surface area contributed by atoms with Crippen molar-refractivity contribution in [3.05, 3.63) is 0 Å². The van der Waals surface area contributed by atoms with Gasteiger partial charge in [0.15, 0.2) is 0 Å². The Morgan fingerprint density at radius 1 is 1.47 bits per heavy atom. The van der Waals surface area contributed by atoms with Crippen molar-refractivity contribution in [1.82, 2.24) is 10.2 Å². The Labute approximate surface area is 94.4 Å². The van der Waals surface area contributed by atoms with Crippen LogP contribution in [0.1, 0.15) is 33.1 Å². The van der Waals surface area contributed by atoms with Crippen LogP contribution in [0.25, 0.3) is 0 Å². The van der Waals surface area contributed by atoms with Crippen LogP contribution < -0.4 is 5.32 Å². The Balaban J connectivity index is 2.18. The second-order valence-corrected chi connectivity index (χ2v) is 4.57. The molecule has 86 valence electrons. The quantitative estimate of drug-likeness (QED) is 0.547. The van der Waals surface area contributed by atoms with Crippen LogP contribution in [0.3, 0.4) is 0 Å². The van der Waals surface area contributed by atoms with E-state index in [-0.39, 0.29) is 0 Å². The summed E-state index contributed by atoms with van der Waals surface area (Å²) in [6.07, 6.45) is 9.29. The Hall–Kier alpha value is -0.520. The maximum absolute atomic E-state index is 5.20. The fraction of sp³-hybridized carbons (Fsp3) is 0.846. The van der Waals surface area contributed by atoms with Gasteiger partial charge in [0.2, 0.25) is 0 Å². The summed E-state index contributed by atoms with van der Waals surface area (Å²) >= 11 is 0. The first-order valence-electron chi connectivity index (χ1n) is 6.16. The standard InChI is InChI=1S/C13H24N2/c1-4-8-14-11-12(3)15-9-6-13(5-2)7-10-15/h1,12-14H,5-11H2,2-3H3. The molecule has 1 aliphatic rings. The first-order chi connectivity index (χ1) is 7.27. The third-order valence-electron chi connectivity index (χ3n) is 3.52. The number of piperidine rings is 1. The number of hydrogen-bond acceptors (Lipinski definition) is 2. The summed E-state index contributed by atoms with van der Waals surface area (Å²) in [6.45, 7) is 8.82. The normalized spacial score (nSPS) is 21.1. The molecular formula is C13H24N2. The van der Waals surface area contributed by atoms with E-state index in [9.17, 15) is 0 Å². The van der Waals surface area contributed by atoms with Crippen LogP contribution >= 0.6 is 0 Å². The smallest absolute Gasteiger partial charge is 0.0574 e. The number of hydrogen-bond donors (Lipinski definition) is 1. The van der Waals surface area contributed by atoms with Crippen LogP contribution in [0.5, 0.6) is 0 Å². The Bertz CT molecular complexity index is 199. The second kappa shape index (κ2) is 6.87. The molecule has 1 unspecified atom stereocenters. The number of likely N-dealkylation sites (tertiary alicyclic amines) is 1. The summed E-state index contributed by atoms with van der Waals surface area (Å²) in [7, 11) is 0. The maximum Gasteiger partial charge on any atom is 0.0574 e. The molecule has 0 saturated carbocycles. The van der Waals surface area contributed by atoms with Gasteiger partial charge in [-0.15, -0.1) is 6.42 Å². The highest BCUT2D eigenvalue weighted by molar-refractivity contribution is 4.87. The van der Waals surface area contributed by atoms with Crippen LogP contribution in [0, 0.1) is 18.3 Å². The van der Waals surface area contributed by atoms with E-state index in [2.05, 4.69) is 30.0 Å². The van der Waals surface area contributed by atoms with E-state index < -0.39 is 0 Å². The first kappa shape index (κ1) is 12.5. The zero-order valence-electron chi connectivity index (χ0n) is 10.1. The van der Waals surface area contributed by atoms with Crippen LogP contribution in [0.4, 0.5) is 0 Å². The number of terminal acetylenes is 1. The third kappa shape index (κ3) is 4.24. The van der Waals surface area contributed by atoms with Crippen molar-refractivity contribution in [1.29, 1.82) is 0 Å². The molecule has 1 rings (SSSR count). The van der Waals surface area contributed by atoms with Crippen LogP contribution in [0.15, 0.2) is 0 Å². The van der Waals surface area contributed by atoms with Gasteiger partial charge in [0.05, 0.1) is 6.54 Å². The fourth-order valence-electron chi connectivity index (χ4n) is 2.28. The Morgan fingerprint density at radius 3 is 2.67 bits per heavy atom. The van der Waals surface area contributed by atoms with Crippen molar-refractivity contribution >= 4 is 0 Å². The molecule has 0 aromatic carbocycles. The number of nitrogens with one attached hydrogen (secondary N) is 1. The zero-order chi connectivity index (χ0) is 11.1. The lowest BCUT2D eigenvalue weighted by atomic mass is 9.94. The van der Waals surface area contributed by atoms with Crippen molar-refractivity contribution in [2.45, 2.75) is 39.2 Å². The summed E-state index contributed by atoms with van der Waals surface area (Å²) in [6, 6.07) is 0.621. The fourth-order valence-corrected chi connectivity index (χ4v) is 2.28. The highest BCUT2D eigenvalue weighted by Gasteiger charge is 2.20. The Morgan fingerprint density at radius 2 is 2.13 bits per heavy atom. The van der Waals surface area contributed by atoms with Crippen LogP contribution in [-0.4, -0.2) is 37.1 Å². The molecule has 0 spiro atoms. The summed E-state index contributed by atoms with van der Waals surface area (Å²) in [5.41, 5.74) is 0. The monoisotopic (exact) mass is 208 g/mol. The molecule has 0 radical (unpaired) electrons. The number of rotatable bonds is 5. The first-order valence-corrected chi connectivity index (χ1v) is 6.16. The molecule has 1 saturated heterocycles. The molecule has 1 fully saturated rings. The van der Waals surface area contributed by atoms with Crippen molar-refractivity contribution in [2.75, 3.05) is 26.2 Å². The lowest BCUT2D eigenvalue weighted by Crippen LogP contribution is -2.44. The van der Waals surface area contributed by atoms with Crippen LogP contribution in [-0.2, 0) is 0 Å². The average molecular weight is 208 g/mol. The van der Waals surface area contributed by atoms with Gasteiger partial charge in [-0.25, -0.2) is 0 Å². The van der Waals surface area contributed by atoms with Gasteiger partial charge in [-0.05, 0) is 38.8 Å². The molecule has 0 aromatic rings. The predicted octanol–water partition coefficient (Wildman–Crippen LogP) is 1.72. The van der Waals surface area contributed by atoms with Crippen LogP contribution in [0.2, 0.25) is 0 Å². The summed E-state index contributed by atoms with van der Waals surface area (Å²) in [5.74, 6) is 3.58. The second-order valence-electron chi connectivity index (χ2n) is 4.57. The highest BCUT2D eigenvalue weighted by Crippen LogP contribution is 2.20. The molecule has 2 heteroatoms. The summed E-state index contributed by atoms with van der Waals surface area (Å²) in [4.78, 5) is 2.58. The molecular weight excluding hydrogens is 184 g/mol. The van der Waals surface area contributed by atoms with E-state index in [4.69, 9.17) is 6.42 Å². The van der Waals surface area contributed by atoms with E-state index in [1.54, 1.807) is 0 Å². The van der Waals surface area contributed by atoms with Gasteiger partial charge in [0.1, 0.15) is 0 Å². The van der Waals surface area contributed by atoms with E-state index in [0.29, 0.717) is 12.6 Å². The van der Waals surface area contributed by atoms with Crippen molar-refractivity contribution in [3.8, 4) is 12.3 Å². The minimum Gasteiger partial charge on any atom is -0.305 e. The molecule has 0 aromatic heterocycles. The van der Waals surface area contributed by atoms with Gasteiger partial charge < -0.3 is 5.32 Å². The minimum absolute atomic E-state index is 0.621. The van der Waals surface area contributed by atoms with Gasteiger partial charge in [-0.1, -0.05) is 19.3 Å². The molecule has 1 atom stereocenters. The van der Waals surface area contributed by atoms with Gasteiger partial charge >= 0.3 is 0 Å². The third-order valence-corrected chi connectivity index (χ3v) is 3.52. The van der Waals surface area contributed by atoms with Gasteiger partial charge in [-0.2, -0.15) is 0 Å². The van der Waals surface area contributed by atoms with E-state index in [0.717, 1.165) is 12.5 Å². The summed E-state index contributed by atoms with van der Waals surface area (Å²) < 4.78 is 0. The molecule has 0 bridgehead atoms. The topological polar surface area (TPSA) is 15.3 Å². The molecule has 0 amide bonds. The lowest BCUT2D eigenvalue weighted by molar-refractivity contribution is 0.138. The molecule has 1 aliphatic heterocycles. The number of nitrogens with zero attached hydrogens (tertiary/aromatic N) is 1. The molecule has 0 aliphatic carbocycles. The summed E-state index contributed by atoms with van der Waals surface area (Å²) in [5, 5.41) is 3.28. The lowest BCUT2D eigenvalue weighted by Gasteiger charge is -2.35. The molecule has 2 nitrogen and oxygen atoms in total. The van der Waals surface area contributed by atoms with Gasteiger partial charge in [0, 0.05) is 12.6 Å². The van der Waals surface area contributed by atoms with Gasteiger partial charge in [-0.3, -0.25) is 4.90 Å².